The first-order valence-corrected chi connectivity index (χ1v) is 9.78. The van der Waals surface area contributed by atoms with Gasteiger partial charge in [-0.1, -0.05) is 54.4 Å². The zero-order valence-electron chi connectivity index (χ0n) is 16.7. The number of rotatable bonds is 8. The summed E-state index contributed by atoms with van der Waals surface area (Å²) in [7, 11) is 0. The van der Waals surface area contributed by atoms with Crippen molar-refractivity contribution in [2.45, 2.75) is 112 Å². The summed E-state index contributed by atoms with van der Waals surface area (Å²) in [5, 5.41) is 0. The third-order valence-corrected chi connectivity index (χ3v) is 6.12. The van der Waals surface area contributed by atoms with Crippen LogP contribution >= 0.6 is 0 Å². The molecule has 132 valence electrons. The molecule has 0 saturated heterocycles. The molecule has 0 heterocycles. The van der Waals surface area contributed by atoms with Gasteiger partial charge in [-0.15, -0.1) is 0 Å². The van der Waals surface area contributed by atoms with Gasteiger partial charge in [0.25, 0.3) is 0 Å². The molecule has 0 spiro atoms. The SMILES string of the molecule is CCCC(C)(C)OC1CC(C(C)CC(C)(C)CC)CC[C@@H]1C. The van der Waals surface area contributed by atoms with E-state index in [1.54, 1.807) is 0 Å². The van der Waals surface area contributed by atoms with Crippen molar-refractivity contribution in [2.75, 3.05) is 0 Å². The van der Waals surface area contributed by atoms with Crippen LogP contribution in [0.5, 0.6) is 0 Å². The summed E-state index contributed by atoms with van der Waals surface area (Å²) in [4.78, 5) is 0. The van der Waals surface area contributed by atoms with E-state index in [1.807, 2.05) is 0 Å². The molecule has 1 fully saturated rings. The Kier molecular flexibility index (Phi) is 7.43. The zero-order valence-corrected chi connectivity index (χ0v) is 16.7. The largest absolute Gasteiger partial charge is 0.372 e. The second kappa shape index (κ2) is 8.18. The standard InChI is InChI=1S/C21H42O/c1-9-13-21(7,8)22-19-14-18(12-11-16(19)3)17(4)15-20(5,6)10-2/h16-19H,9-15H2,1-8H3/t16-,17?,18?,19?/m0/s1. The van der Waals surface area contributed by atoms with Crippen LogP contribution in [0.15, 0.2) is 0 Å². The molecule has 0 bridgehead atoms. The molecule has 1 aliphatic carbocycles. The van der Waals surface area contributed by atoms with Gasteiger partial charge >= 0.3 is 0 Å². The predicted molar refractivity (Wildman–Crippen MR) is 98.2 cm³/mol. The van der Waals surface area contributed by atoms with Crippen LogP contribution in [0, 0.1) is 23.2 Å². The van der Waals surface area contributed by atoms with Crippen LogP contribution < -0.4 is 0 Å². The summed E-state index contributed by atoms with van der Waals surface area (Å²) in [6.07, 6.45) is 9.49. The summed E-state index contributed by atoms with van der Waals surface area (Å²) in [6, 6.07) is 0. The van der Waals surface area contributed by atoms with Crippen molar-refractivity contribution in [1.29, 1.82) is 0 Å². The molecule has 1 aliphatic rings. The third-order valence-electron chi connectivity index (χ3n) is 6.12. The quantitative estimate of drug-likeness (QED) is 0.476. The molecule has 0 aromatic carbocycles. The summed E-state index contributed by atoms with van der Waals surface area (Å²) < 4.78 is 6.57. The van der Waals surface area contributed by atoms with E-state index in [-0.39, 0.29) is 5.60 Å². The van der Waals surface area contributed by atoms with E-state index in [9.17, 15) is 0 Å². The monoisotopic (exact) mass is 310 g/mol. The minimum atomic E-state index is 0.0431. The summed E-state index contributed by atoms with van der Waals surface area (Å²) in [5.41, 5.74) is 0.530. The van der Waals surface area contributed by atoms with Crippen molar-refractivity contribution in [3.63, 3.8) is 0 Å². The maximum atomic E-state index is 6.57. The first kappa shape index (κ1) is 20.0. The fourth-order valence-electron chi connectivity index (χ4n) is 4.25. The summed E-state index contributed by atoms with van der Waals surface area (Å²) >= 11 is 0. The first-order valence-electron chi connectivity index (χ1n) is 9.78. The van der Waals surface area contributed by atoms with Crippen LogP contribution in [0.4, 0.5) is 0 Å². The highest BCUT2D eigenvalue weighted by atomic mass is 16.5. The molecule has 0 radical (unpaired) electrons. The van der Waals surface area contributed by atoms with Gasteiger partial charge in [0.2, 0.25) is 0 Å². The topological polar surface area (TPSA) is 9.23 Å². The van der Waals surface area contributed by atoms with Crippen molar-refractivity contribution in [1.82, 2.24) is 0 Å². The van der Waals surface area contributed by atoms with E-state index < -0.39 is 0 Å². The van der Waals surface area contributed by atoms with E-state index in [0.29, 0.717) is 11.5 Å². The Bertz CT molecular complexity index is 318. The Hall–Kier alpha value is -0.0400. The highest BCUT2D eigenvalue weighted by molar-refractivity contribution is 4.85. The van der Waals surface area contributed by atoms with Gasteiger partial charge in [-0.2, -0.15) is 0 Å². The molecule has 1 rings (SSSR count). The van der Waals surface area contributed by atoms with Gasteiger partial charge in [0.1, 0.15) is 0 Å². The van der Waals surface area contributed by atoms with Gasteiger partial charge in [0, 0.05) is 0 Å². The van der Waals surface area contributed by atoms with Crippen molar-refractivity contribution in [3.8, 4) is 0 Å². The Labute approximate surface area is 140 Å². The molecule has 0 amide bonds. The Morgan fingerprint density at radius 2 is 1.73 bits per heavy atom. The lowest BCUT2D eigenvalue weighted by Crippen LogP contribution is -2.39. The molecule has 0 aromatic heterocycles. The lowest BCUT2D eigenvalue weighted by atomic mass is 9.70. The van der Waals surface area contributed by atoms with Crippen LogP contribution in [-0.4, -0.2) is 11.7 Å². The molecule has 4 atom stereocenters. The number of hydrogen-bond donors (Lipinski definition) is 0. The van der Waals surface area contributed by atoms with Gasteiger partial charge in [0.05, 0.1) is 11.7 Å². The Morgan fingerprint density at radius 1 is 1.09 bits per heavy atom. The second-order valence-corrected chi connectivity index (χ2v) is 9.42. The minimum Gasteiger partial charge on any atom is -0.372 e. The normalized spacial score (nSPS) is 28.6. The average molecular weight is 311 g/mol. The highest BCUT2D eigenvalue weighted by Gasteiger charge is 2.35. The van der Waals surface area contributed by atoms with Crippen LogP contribution in [0.2, 0.25) is 0 Å². The van der Waals surface area contributed by atoms with Gasteiger partial charge in [-0.25, -0.2) is 0 Å². The van der Waals surface area contributed by atoms with Crippen molar-refractivity contribution >= 4 is 0 Å². The highest BCUT2D eigenvalue weighted by Crippen LogP contribution is 2.41. The predicted octanol–water partition coefficient (Wildman–Crippen LogP) is 6.85. The van der Waals surface area contributed by atoms with Crippen LogP contribution in [0.1, 0.15) is 100 Å². The van der Waals surface area contributed by atoms with Crippen LogP contribution in [0.25, 0.3) is 0 Å². The lowest BCUT2D eigenvalue weighted by molar-refractivity contribution is -0.120. The fourth-order valence-corrected chi connectivity index (χ4v) is 4.25. The minimum absolute atomic E-state index is 0.0431. The third kappa shape index (κ3) is 6.22. The van der Waals surface area contributed by atoms with Crippen molar-refractivity contribution in [3.05, 3.63) is 0 Å². The summed E-state index contributed by atoms with van der Waals surface area (Å²) in [6.45, 7) is 18.9. The molecular formula is C21H42O. The molecule has 0 aromatic rings. The zero-order chi connectivity index (χ0) is 17.0. The number of ether oxygens (including phenoxy) is 1. The van der Waals surface area contributed by atoms with Gasteiger partial charge in [-0.3, -0.25) is 0 Å². The number of hydrogen-bond acceptors (Lipinski definition) is 1. The van der Waals surface area contributed by atoms with Gasteiger partial charge < -0.3 is 4.74 Å². The molecule has 1 heteroatoms. The van der Waals surface area contributed by atoms with E-state index in [1.165, 1.54) is 44.9 Å². The average Bonchev–Trinajstić information content (AvgIpc) is 2.40. The molecule has 22 heavy (non-hydrogen) atoms. The van der Waals surface area contributed by atoms with Gasteiger partial charge in [0.15, 0.2) is 0 Å². The lowest BCUT2D eigenvalue weighted by Gasteiger charge is -2.42. The summed E-state index contributed by atoms with van der Waals surface area (Å²) in [5.74, 6) is 2.39. The molecule has 0 aliphatic heterocycles. The van der Waals surface area contributed by atoms with E-state index in [0.717, 1.165) is 17.8 Å². The smallest absolute Gasteiger partial charge is 0.0630 e. The molecular weight excluding hydrogens is 268 g/mol. The second-order valence-electron chi connectivity index (χ2n) is 9.42. The van der Waals surface area contributed by atoms with Crippen molar-refractivity contribution in [2.24, 2.45) is 23.2 Å². The van der Waals surface area contributed by atoms with E-state index in [4.69, 9.17) is 4.74 Å². The van der Waals surface area contributed by atoms with E-state index in [2.05, 4.69) is 55.4 Å². The molecule has 3 unspecified atom stereocenters. The van der Waals surface area contributed by atoms with Crippen molar-refractivity contribution < 1.29 is 4.74 Å². The Balaban J connectivity index is 2.62. The van der Waals surface area contributed by atoms with Gasteiger partial charge in [-0.05, 0) is 69.1 Å². The molecule has 1 saturated carbocycles. The maximum Gasteiger partial charge on any atom is 0.0630 e. The fraction of sp³-hybridized carbons (Fsp3) is 1.00. The first-order chi connectivity index (χ1) is 10.1. The van der Waals surface area contributed by atoms with Crippen LogP contribution in [0.3, 0.4) is 0 Å². The maximum absolute atomic E-state index is 6.57. The Morgan fingerprint density at radius 3 is 2.27 bits per heavy atom. The molecule has 0 N–H and O–H groups in total. The molecule has 1 nitrogen and oxygen atoms in total. The van der Waals surface area contributed by atoms with E-state index >= 15 is 0 Å². The van der Waals surface area contributed by atoms with Crippen LogP contribution in [-0.2, 0) is 4.74 Å².